The molecule has 132 valence electrons. The first-order chi connectivity index (χ1) is 12.8. The normalized spacial score (nSPS) is 10.6. The van der Waals surface area contributed by atoms with Gasteiger partial charge in [0.2, 0.25) is 5.91 Å². The fourth-order valence-corrected chi connectivity index (χ4v) is 2.67. The van der Waals surface area contributed by atoms with E-state index in [2.05, 4.69) is 31.1 Å². The molecule has 8 heteroatoms. The number of nitrogens with zero attached hydrogens (tertiary/aromatic N) is 3. The van der Waals surface area contributed by atoms with Gasteiger partial charge in [-0.3, -0.25) is 9.78 Å². The Balaban J connectivity index is 1.37. The van der Waals surface area contributed by atoms with E-state index in [4.69, 9.17) is 0 Å². The largest absolute Gasteiger partial charge is 0.367 e. The second kappa shape index (κ2) is 9.28. The third kappa shape index (κ3) is 5.67. The first kappa shape index (κ1) is 17.6. The lowest BCUT2D eigenvalue weighted by Gasteiger charge is -2.07. The van der Waals surface area contributed by atoms with Crippen LogP contribution in [0, 0.1) is 0 Å². The molecule has 3 heterocycles. The molecule has 0 radical (unpaired) electrons. The van der Waals surface area contributed by atoms with Crippen molar-refractivity contribution in [2.24, 2.45) is 0 Å². The molecule has 0 atom stereocenters. The number of anilines is 3. The van der Waals surface area contributed by atoms with Crippen molar-refractivity contribution in [1.82, 2.24) is 20.5 Å². The fraction of sp³-hybridized carbons (Fsp3) is 0.111. The van der Waals surface area contributed by atoms with E-state index in [1.165, 1.54) is 6.08 Å². The summed E-state index contributed by atoms with van der Waals surface area (Å²) < 4.78 is 0. The Bertz CT molecular complexity index is 834. The zero-order valence-corrected chi connectivity index (χ0v) is 14.7. The Kier molecular flexibility index (Phi) is 6.27. The number of pyridine rings is 1. The lowest BCUT2D eigenvalue weighted by atomic mass is 10.4. The molecule has 0 aliphatic rings. The van der Waals surface area contributed by atoms with Gasteiger partial charge in [-0.05, 0) is 41.8 Å². The standard InChI is InChI=1S/C18H18N6OS/c25-18(8-5-15-4-2-12-26-15)21-11-10-20-16-6-7-17(24-23-16)22-14-3-1-9-19-13-14/h1-9,12-13H,10-11H2,(H,20,23)(H,21,25)(H,22,24)/b8-5+. The van der Waals surface area contributed by atoms with E-state index in [0.717, 1.165) is 10.6 Å². The number of amides is 1. The Morgan fingerprint density at radius 2 is 1.96 bits per heavy atom. The highest BCUT2D eigenvalue weighted by Crippen LogP contribution is 2.13. The maximum absolute atomic E-state index is 11.7. The summed E-state index contributed by atoms with van der Waals surface area (Å²) in [4.78, 5) is 16.8. The summed E-state index contributed by atoms with van der Waals surface area (Å²) >= 11 is 1.59. The lowest BCUT2D eigenvalue weighted by molar-refractivity contribution is -0.116. The van der Waals surface area contributed by atoms with Gasteiger partial charge in [0.1, 0.15) is 5.82 Å². The summed E-state index contributed by atoms with van der Waals surface area (Å²) in [5, 5.41) is 19.2. The highest BCUT2D eigenvalue weighted by Gasteiger charge is 1.99. The first-order valence-corrected chi connectivity index (χ1v) is 8.92. The van der Waals surface area contributed by atoms with E-state index in [9.17, 15) is 4.79 Å². The summed E-state index contributed by atoms with van der Waals surface area (Å²) in [6.45, 7) is 1.05. The smallest absolute Gasteiger partial charge is 0.244 e. The number of carbonyl (C=O) groups excluding carboxylic acids is 1. The summed E-state index contributed by atoms with van der Waals surface area (Å²) in [5.74, 6) is 1.16. The van der Waals surface area contributed by atoms with Crippen molar-refractivity contribution in [3.63, 3.8) is 0 Å². The van der Waals surface area contributed by atoms with Gasteiger partial charge in [-0.2, -0.15) is 0 Å². The molecule has 0 saturated heterocycles. The second-order valence-corrected chi connectivity index (χ2v) is 6.22. The van der Waals surface area contributed by atoms with Crippen LogP contribution in [-0.4, -0.2) is 34.2 Å². The quantitative estimate of drug-likeness (QED) is 0.419. The number of nitrogens with one attached hydrogen (secondary N) is 3. The number of carbonyl (C=O) groups is 1. The van der Waals surface area contributed by atoms with Crippen molar-refractivity contribution in [3.05, 3.63) is 65.1 Å². The molecular weight excluding hydrogens is 348 g/mol. The summed E-state index contributed by atoms with van der Waals surface area (Å²) in [6, 6.07) is 11.3. The lowest BCUT2D eigenvalue weighted by Crippen LogP contribution is -2.27. The Hall–Kier alpha value is -3.26. The minimum atomic E-state index is -0.123. The Labute approximate surface area is 155 Å². The van der Waals surface area contributed by atoms with Crippen LogP contribution < -0.4 is 16.0 Å². The minimum Gasteiger partial charge on any atom is -0.367 e. The van der Waals surface area contributed by atoms with Gasteiger partial charge in [-0.25, -0.2) is 0 Å². The van der Waals surface area contributed by atoms with Crippen LogP contribution in [0.15, 0.2) is 60.2 Å². The van der Waals surface area contributed by atoms with Crippen LogP contribution in [0.25, 0.3) is 6.08 Å². The molecule has 3 aromatic rings. The molecule has 0 fully saturated rings. The van der Waals surface area contributed by atoms with E-state index >= 15 is 0 Å². The zero-order chi connectivity index (χ0) is 18.0. The maximum Gasteiger partial charge on any atom is 0.244 e. The summed E-state index contributed by atoms with van der Waals surface area (Å²) in [6.07, 6.45) is 6.75. The molecule has 7 nitrogen and oxygen atoms in total. The van der Waals surface area contributed by atoms with Crippen molar-refractivity contribution >= 4 is 40.6 Å². The van der Waals surface area contributed by atoms with E-state index in [1.54, 1.807) is 29.8 Å². The number of hydrogen-bond acceptors (Lipinski definition) is 7. The van der Waals surface area contributed by atoms with E-state index < -0.39 is 0 Å². The molecule has 3 aromatic heterocycles. The molecule has 0 aromatic carbocycles. The van der Waals surface area contributed by atoms with E-state index in [1.807, 2.05) is 41.8 Å². The summed E-state index contributed by atoms with van der Waals surface area (Å²) in [5.41, 5.74) is 0.848. The van der Waals surface area contributed by atoms with E-state index in [0.29, 0.717) is 24.7 Å². The molecular formula is C18H18N6OS. The van der Waals surface area contributed by atoms with Gasteiger partial charge < -0.3 is 16.0 Å². The fourth-order valence-electron chi connectivity index (χ4n) is 2.06. The summed E-state index contributed by atoms with van der Waals surface area (Å²) in [7, 11) is 0. The van der Waals surface area contributed by atoms with Crippen LogP contribution in [0.1, 0.15) is 4.88 Å². The van der Waals surface area contributed by atoms with Crippen LogP contribution in [0.5, 0.6) is 0 Å². The zero-order valence-electron chi connectivity index (χ0n) is 13.9. The van der Waals surface area contributed by atoms with Crippen molar-refractivity contribution in [3.8, 4) is 0 Å². The monoisotopic (exact) mass is 366 g/mol. The molecule has 26 heavy (non-hydrogen) atoms. The van der Waals surface area contributed by atoms with Crippen LogP contribution in [-0.2, 0) is 4.79 Å². The molecule has 0 aliphatic carbocycles. The minimum absolute atomic E-state index is 0.123. The molecule has 0 aliphatic heterocycles. The van der Waals surface area contributed by atoms with Gasteiger partial charge in [-0.15, -0.1) is 21.5 Å². The predicted molar refractivity (Wildman–Crippen MR) is 104 cm³/mol. The highest BCUT2D eigenvalue weighted by atomic mass is 32.1. The molecule has 0 unspecified atom stereocenters. The van der Waals surface area contributed by atoms with Crippen molar-refractivity contribution < 1.29 is 4.79 Å². The average molecular weight is 366 g/mol. The van der Waals surface area contributed by atoms with Gasteiger partial charge in [0.15, 0.2) is 5.82 Å². The number of rotatable bonds is 8. The van der Waals surface area contributed by atoms with Crippen LogP contribution >= 0.6 is 11.3 Å². The average Bonchev–Trinajstić information content (AvgIpc) is 3.19. The highest BCUT2D eigenvalue weighted by molar-refractivity contribution is 7.10. The van der Waals surface area contributed by atoms with Crippen molar-refractivity contribution in [2.45, 2.75) is 0 Å². The SMILES string of the molecule is O=C(/C=C/c1cccs1)NCCNc1ccc(Nc2cccnc2)nn1. The molecule has 0 saturated carbocycles. The van der Waals surface area contributed by atoms with Gasteiger partial charge in [-0.1, -0.05) is 6.07 Å². The van der Waals surface area contributed by atoms with Crippen LogP contribution in [0.2, 0.25) is 0 Å². The number of thiophene rings is 1. The molecule has 3 N–H and O–H groups in total. The van der Waals surface area contributed by atoms with Crippen LogP contribution in [0.4, 0.5) is 17.3 Å². The van der Waals surface area contributed by atoms with E-state index in [-0.39, 0.29) is 5.91 Å². The third-order valence-corrected chi connectivity index (χ3v) is 4.11. The van der Waals surface area contributed by atoms with Crippen molar-refractivity contribution in [1.29, 1.82) is 0 Å². The Morgan fingerprint density at radius 1 is 1.08 bits per heavy atom. The molecule has 0 bridgehead atoms. The molecule has 0 spiro atoms. The van der Waals surface area contributed by atoms with Gasteiger partial charge in [0, 0.05) is 30.2 Å². The van der Waals surface area contributed by atoms with Crippen LogP contribution in [0.3, 0.4) is 0 Å². The maximum atomic E-state index is 11.7. The number of aromatic nitrogens is 3. The number of hydrogen-bond donors (Lipinski definition) is 3. The van der Waals surface area contributed by atoms with Crippen molar-refractivity contribution in [2.75, 3.05) is 23.7 Å². The van der Waals surface area contributed by atoms with Gasteiger partial charge in [0.25, 0.3) is 0 Å². The molecule has 3 rings (SSSR count). The second-order valence-electron chi connectivity index (χ2n) is 5.24. The van der Waals surface area contributed by atoms with Gasteiger partial charge in [0.05, 0.1) is 11.9 Å². The first-order valence-electron chi connectivity index (χ1n) is 8.04. The Morgan fingerprint density at radius 3 is 2.69 bits per heavy atom. The topological polar surface area (TPSA) is 91.8 Å². The molecule has 1 amide bonds. The third-order valence-electron chi connectivity index (χ3n) is 3.27. The van der Waals surface area contributed by atoms with Gasteiger partial charge >= 0.3 is 0 Å². The predicted octanol–water partition coefficient (Wildman–Crippen LogP) is 2.92.